The van der Waals surface area contributed by atoms with Crippen LogP contribution in [0.25, 0.3) is 83.5 Å². The number of benzene rings is 7. The molecule has 7 aromatic carbocycles. The second kappa shape index (κ2) is 16.6. The van der Waals surface area contributed by atoms with Gasteiger partial charge in [0.15, 0.2) is 0 Å². The molecule has 0 saturated heterocycles. The second-order valence-corrected chi connectivity index (χ2v) is 25.8. The fourth-order valence-electron chi connectivity index (χ4n) is 11.1. The first-order valence-corrected chi connectivity index (χ1v) is 26.0. The summed E-state index contributed by atoms with van der Waals surface area (Å²) in [5, 5.41) is 15.3. The minimum atomic E-state index is -0.330. The number of phenolic OH excluding ortho intramolecular Hbond substituents is 1. The number of aromatic nitrogens is 3. The maximum absolute atomic E-state index is 12.7. The van der Waals surface area contributed by atoms with Crippen LogP contribution in [0.2, 0.25) is 0 Å². The summed E-state index contributed by atoms with van der Waals surface area (Å²) in [5.74, 6) is 0.961. The van der Waals surface area contributed by atoms with Gasteiger partial charge in [-0.2, -0.15) is 0 Å². The number of rotatable bonds is 6. The molecule has 2 aromatic heterocycles. The summed E-state index contributed by atoms with van der Waals surface area (Å²) >= 11 is 0. The van der Waals surface area contributed by atoms with Gasteiger partial charge in [-0.15, -0.1) is 0 Å². The molecule has 1 N–H and O–H groups in total. The fourth-order valence-corrected chi connectivity index (χ4v) is 11.1. The van der Waals surface area contributed by atoms with Gasteiger partial charge in [0.25, 0.3) is 0 Å². The molecule has 0 saturated carbocycles. The highest BCUT2D eigenvalue weighted by Gasteiger charge is 2.47. The standard InChI is InChI=1S/C68H73N3O/c1-63(2,3)45-28-31-57(51(38-45)41-22-18-17-19-23-41)71-58-27-21-24-49(60(58)70-62(71)52-39-47(65(7,8)9)40-55(61(52)72)66(10,11)12)43-34-44(36-46(35-43)64(4,5)6)56-37-42(32-33-69-56)48-29-30-54-59-50(48)25-20-26-53(59)67(13,14)68(54,15)16/h17-40,72H,1-16H3. The molecule has 1 aliphatic rings. The van der Waals surface area contributed by atoms with E-state index in [-0.39, 0.29) is 38.2 Å². The number of para-hydroxylation sites is 1. The molecule has 1 aliphatic carbocycles. The Hall–Kier alpha value is -6.78. The zero-order valence-corrected chi connectivity index (χ0v) is 45.6. The van der Waals surface area contributed by atoms with Gasteiger partial charge < -0.3 is 5.11 Å². The Labute approximate surface area is 429 Å². The molecule has 10 rings (SSSR count). The lowest BCUT2D eigenvalue weighted by Crippen LogP contribution is -2.35. The van der Waals surface area contributed by atoms with Gasteiger partial charge in [0.1, 0.15) is 11.6 Å². The number of hydrogen-bond donors (Lipinski definition) is 1. The van der Waals surface area contributed by atoms with Gasteiger partial charge in [-0.3, -0.25) is 9.55 Å². The van der Waals surface area contributed by atoms with E-state index in [0.717, 1.165) is 66.9 Å². The van der Waals surface area contributed by atoms with E-state index in [2.05, 4.69) is 255 Å². The third kappa shape index (κ3) is 8.06. The maximum atomic E-state index is 12.7. The number of aromatic hydroxyl groups is 1. The van der Waals surface area contributed by atoms with Gasteiger partial charge >= 0.3 is 0 Å². The summed E-state index contributed by atoms with van der Waals surface area (Å²) in [6.07, 6.45) is 1.97. The molecule has 4 heteroatoms. The lowest BCUT2D eigenvalue weighted by Gasteiger charge is -2.37. The highest BCUT2D eigenvalue weighted by Crippen LogP contribution is 2.55. The number of hydrogen-bond acceptors (Lipinski definition) is 3. The summed E-state index contributed by atoms with van der Waals surface area (Å²) in [6, 6.07) is 51.5. The summed E-state index contributed by atoms with van der Waals surface area (Å²) < 4.78 is 2.31. The Kier molecular flexibility index (Phi) is 11.3. The van der Waals surface area contributed by atoms with Gasteiger partial charge in [0.2, 0.25) is 0 Å². The molecule has 0 aliphatic heterocycles. The molecule has 0 bridgehead atoms. The lowest BCUT2D eigenvalue weighted by atomic mass is 9.66. The molecule has 0 amide bonds. The minimum Gasteiger partial charge on any atom is -0.507 e. The quantitative estimate of drug-likeness (QED) is 0.181. The van der Waals surface area contributed by atoms with Gasteiger partial charge in [-0.1, -0.05) is 202 Å². The van der Waals surface area contributed by atoms with Crippen LogP contribution in [0.4, 0.5) is 0 Å². The summed E-state index contributed by atoms with van der Waals surface area (Å²) in [5.41, 5.74) is 18.8. The molecule has 366 valence electrons. The van der Waals surface area contributed by atoms with E-state index in [1.807, 2.05) is 6.20 Å². The number of fused-ring (bicyclic) bond motifs is 1. The monoisotopic (exact) mass is 948 g/mol. The van der Waals surface area contributed by atoms with E-state index >= 15 is 0 Å². The van der Waals surface area contributed by atoms with E-state index in [0.29, 0.717) is 11.4 Å². The fraction of sp³-hybridized carbons (Fsp3) is 0.324. The van der Waals surface area contributed by atoms with Crippen molar-refractivity contribution in [3.8, 4) is 67.5 Å². The Balaban J connectivity index is 1.23. The van der Waals surface area contributed by atoms with Crippen molar-refractivity contribution in [3.05, 3.63) is 179 Å². The molecular formula is C68H73N3O. The molecule has 0 atom stereocenters. The molecule has 2 heterocycles. The van der Waals surface area contributed by atoms with Crippen molar-refractivity contribution < 1.29 is 5.11 Å². The summed E-state index contributed by atoms with van der Waals surface area (Å²) in [7, 11) is 0. The van der Waals surface area contributed by atoms with Crippen LogP contribution in [0.3, 0.4) is 0 Å². The predicted molar refractivity (Wildman–Crippen MR) is 306 cm³/mol. The largest absolute Gasteiger partial charge is 0.507 e. The molecule has 0 unspecified atom stereocenters. The van der Waals surface area contributed by atoms with E-state index in [1.165, 1.54) is 38.6 Å². The van der Waals surface area contributed by atoms with Crippen molar-refractivity contribution >= 4 is 21.8 Å². The maximum Gasteiger partial charge on any atom is 0.149 e. The first-order valence-electron chi connectivity index (χ1n) is 26.0. The Bertz CT molecular complexity index is 3590. The van der Waals surface area contributed by atoms with Crippen LogP contribution >= 0.6 is 0 Å². The number of phenols is 1. The van der Waals surface area contributed by atoms with Crippen LogP contribution < -0.4 is 0 Å². The smallest absolute Gasteiger partial charge is 0.149 e. The second-order valence-electron chi connectivity index (χ2n) is 25.8. The molecule has 9 aromatic rings. The zero-order chi connectivity index (χ0) is 51.7. The number of pyridine rings is 1. The van der Waals surface area contributed by atoms with Crippen molar-refractivity contribution in [1.82, 2.24) is 14.5 Å². The topological polar surface area (TPSA) is 50.9 Å². The van der Waals surface area contributed by atoms with Gasteiger partial charge in [-0.05, 0) is 142 Å². The molecular weight excluding hydrogens is 875 g/mol. The molecule has 0 radical (unpaired) electrons. The predicted octanol–water partition coefficient (Wildman–Crippen LogP) is 18.4. The SMILES string of the molecule is CC(C)(C)c1cc(-c2cc(-c3ccc4c5c(cccc35)C(C)(C)C4(C)C)ccn2)cc(-c2cccc3c2nc(-c2cc(C(C)(C)C)cc(C(C)(C)C)c2O)n3-c2ccc(C(C)(C)C)cc2-c2ccccc2)c1. The Morgan fingerprint density at radius 3 is 1.75 bits per heavy atom. The average Bonchev–Trinajstić information content (AvgIpc) is 3.78. The van der Waals surface area contributed by atoms with Crippen LogP contribution in [-0.4, -0.2) is 19.6 Å². The van der Waals surface area contributed by atoms with Gasteiger partial charge in [-0.25, -0.2) is 4.98 Å². The lowest BCUT2D eigenvalue weighted by molar-refractivity contribution is 0.322. The third-order valence-corrected chi connectivity index (χ3v) is 16.3. The van der Waals surface area contributed by atoms with Gasteiger partial charge in [0, 0.05) is 28.5 Å². The third-order valence-electron chi connectivity index (χ3n) is 16.3. The first kappa shape index (κ1) is 48.8. The van der Waals surface area contributed by atoms with Crippen LogP contribution in [0.15, 0.2) is 146 Å². The molecule has 4 nitrogen and oxygen atoms in total. The summed E-state index contributed by atoms with van der Waals surface area (Å²) in [6.45, 7) is 36.5. The zero-order valence-electron chi connectivity index (χ0n) is 45.6. The van der Waals surface area contributed by atoms with Crippen molar-refractivity contribution in [1.29, 1.82) is 0 Å². The first-order chi connectivity index (χ1) is 33.7. The van der Waals surface area contributed by atoms with Gasteiger partial charge in [0.05, 0.1) is 28.0 Å². The van der Waals surface area contributed by atoms with Crippen LogP contribution in [0, 0.1) is 0 Å². The van der Waals surface area contributed by atoms with Crippen LogP contribution in [0.1, 0.15) is 144 Å². The van der Waals surface area contributed by atoms with E-state index in [1.54, 1.807) is 0 Å². The molecule has 72 heavy (non-hydrogen) atoms. The number of imidazole rings is 1. The average molecular weight is 948 g/mol. The highest BCUT2D eigenvalue weighted by atomic mass is 16.3. The van der Waals surface area contributed by atoms with Crippen LogP contribution in [0.5, 0.6) is 5.75 Å². The molecule has 0 fully saturated rings. The van der Waals surface area contributed by atoms with Crippen molar-refractivity contribution in [2.45, 2.75) is 143 Å². The minimum absolute atomic E-state index is 0.00735. The van der Waals surface area contributed by atoms with Crippen molar-refractivity contribution in [2.24, 2.45) is 0 Å². The number of nitrogens with zero attached hydrogens (tertiary/aromatic N) is 3. The van der Waals surface area contributed by atoms with Crippen molar-refractivity contribution in [3.63, 3.8) is 0 Å². The van der Waals surface area contributed by atoms with E-state index in [4.69, 9.17) is 9.97 Å². The Morgan fingerprint density at radius 1 is 0.458 bits per heavy atom. The van der Waals surface area contributed by atoms with E-state index in [9.17, 15) is 5.11 Å². The molecule has 0 spiro atoms. The van der Waals surface area contributed by atoms with Crippen LogP contribution in [-0.2, 0) is 32.5 Å². The van der Waals surface area contributed by atoms with E-state index < -0.39 is 0 Å². The highest BCUT2D eigenvalue weighted by molar-refractivity contribution is 6.04. The normalized spacial score (nSPS) is 14.7. The van der Waals surface area contributed by atoms with Crippen molar-refractivity contribution in [2.75, 3.05) is 0 Å². The Morgan fingerprint density at radius 2 is 1.08 bits per heavy atom. The summed E-state index contributed by atoms with van der Waals surface area (Å²) in [4.78, 5) is 10.9.